The number of hydrogen-bond donors (Lipinski definition) is 1. The predicted molar refractivity (Wildman–Crippen MR) is 56.3 cm³/mol. The van der Waals surface area contributed by atoms with Crippen molar-refractivity contribution in [3.63, 3.8) is 0 Å². The van der Waals surface area contributed by atoms with Crippen molar-refractivity contribution in [1.29, 1.82) is 0 Å². The quantitative estimate of drug-likeness (QED) is 0.700. The molecule has 1 aromatic rings. The number of aromatic nitrogens is 3. The maximum atomic E-state index is 11.8. The molecule has 2 N–H and O–H groups in total. The van der Waals surface area contributed by atoms with Crippen molar-refractivity contribution in [1.82, 2.24) is 14.9 Å². The Morgan fingerprint density at radius 1 is 1.40 bits per heavy atom. The summed E-state index contributed by atoms with van der Waals surface area (Å²) in [5.41, 5.74) is -0.426. The number of ether oxygens (including phenoxy) is 1. The number of nitrogen functional groups attached to an aromatic ring is 1. The molecule has 0 aliphatic heterocycles. The first kappa shape index (κ1) is 11.5. The largest absolute Gasteiger partial charge is 0.463 e. The summed E-state index contributed by atoms with van der Waals surface area (Å²) in [5, 5.41) is 7.60. The number of nitrogens with two attached hydrogens (primary N) is 1. The Kier molecular flexibility index (Phi) is 2.97. The predicted octanol–water partition coefficient (Wildman–Crippen LogP) is 0.0483. The second kappa shape index (κ2) is 3.88. The topological polar surface area (TPSA) is 83.0 Å². The molecule has 0 fully saturated rings. The van der Waals surface area contributed by atoms with Crippen molar-refractivity contribution in [3.05, 3.63) is 16.0 Å². The van der Waals surface area contributed by atoms with Crippen molar-refractivity contribution >= 4 is 0 Å². The van der Waals surface area contributed by atoms with Gasteiger partial charge in [0.25, 0.3) is 5.56 Å². The molecule has 0 saturated heterocycles. The first-order chi connectivity index (χ1) is 6.88. The molecule has 0 amide bonds. The summed E-state index contributed by atoms with van der Waals surface area (Å²) in [5.74, 6) is 5.54. The van der Waals surface area contributed by atoms with Crippen LogP contribution in [0.2, 0.25) is 0 Å². The first-order valence-electron chi connectivity index (χ1n) is 4.76. The van der Waals surface area contributed by atoms with E-state index >= 15 is 0 Å². The van der Waals surface area contributed by atoms with E-state index in [1.54, 1.807) is 6.92 Å². The molecule has 0 spiro atoms. The lowest BCUT2D eigenvalue weighted by atomic mass is 9.93. The number of nitrogens with zero attached hydrogens (tertiary/aromatic N) is 3. The van der Waals surface area contributed by atoms with Crippen LogP contribution in [0.5, 0.6) is 6.01 Å². The maximum Gasteiger partial charge on any atom is 0.337 e. The van der Waals surface area contributed by atoms with Crippen molar-refractivity contribution < 1.29 is 4.74 Å². The summed E-state index contributed by atoms with van der Waals surface area (Å²) in [7, 11) is 0. The fourth-order valence-corrected chi connectivity index (χ4v) is 1.08. The Morgan fingerprint density at radius 3 is 2.47 bits per heavy atom. The van der Waals surface area contributed by atoms with Gasteiger partial charge in [-0.3, -0.25) is 4.79 Å². The third-order valence-electron chi connectivity index (χ3n) is 1.85. The summed E-state index contributed by atoms with van der Waals surface area (Å²) in [6.07, 6.45) is 0. The minimum absolute atomic E-state index is 0.0375. The van der Waals surface area contributed by atoms with Gasteiger partial charge >= 0.3 is 6.01 Å². The van der Waals surface area contributed by atoms with Crippen LogP contribution in [0.25, 0.3) is 0 Å². The molecular formula is C9H16N4O2. The van der Waals surface area contributed by atoms with Crippen LogP contribution in [0.4, 0.5) is 0 Å². The van der Waals surface area contributed by atoms with Gasteiger partial charge in [-0.05, 0) is 6.92 Å². The Hall–Kier alpha value is -1.59. The lowest BCUT2D eigenvalue weighted by molar-refractivity contribution is 0.290. The summed E-state index contributed by atoms with van der Waals surface area (Å²) in [6.45, 7) is 7.79. The van der Waals surface area contributed by atoms with E-state index in [-0.39, 0.29) is 17.0 Å². The van der Waals surface area contributed by atoms with Gasteiger partial charge in [0.05, 0.1) is 6.61 Å². The Labute approximate surface area is 88.0 Å². The van der Waals surface area contributed by atoms with Crippen LogP contribution in [-0.4, -0.2) is 21.5 Å². The third-order valence-corrected chi connectivity index (χ3v) is 1.85. The fourth-order valence-electron chi connectivity index (χ4n) is 1.08. The molecule has 1 heterocycles. The van der Waals surface area contributed by atoms with Gasteiger partial charge in [0.15, 0.2) is 0 Å². The molecule has 0 aliphatic carbocycles. The molecular weight excluding hydrogens is 196 g/mol. The molecule has 0 atom stereocenters. The van der Waals surface area contributed by atoms with Gasteiger partial charge in [0.1, 0.15) is 5.69 Å². The molecule has 15 heavy (non-hydrogen) atoms. The van der Waals surface area contributed by atoms with Gasteiger partial charge in [-0.25, -0.2) is 0 Å². The highest BCUT2D eigenvalue weighted by Crippen LogP contribution is 2.15. The second-order valence-electron chi connectivity index (χ2n) is 4.19. The number of rotatable bonds is 2. The van der Waals surface area contributed by atoms with Gasteiger partial charge in [0, 0.05) is 5.41 Å². The molecule has 0 aromatic carbocycles. The van der Waals surface area contributed by atoms with E-state index in [1.165, 1.54) is 0 Å². The first-order valence-corrected chi connectivity index (χ1v) is 4.76. The normalized spacial score (nSPS) is 11.5. The second-order valence-corrected chi connectivity index (χ2v) is 4.19. The Bertz CT molecular complexity index is 406. The molecule has 6 heteroatoms. The Balaban J connectivity index is 3.28. The van der Waals surface area contributed by atoms with E-state index < -0.39 is 0 Å². The highest BCUT2D eigenvalue weighted by molar-refractivity contribution is 5.10. The highest BCUT2D eigenvalue weighted by atomic mass is 16.5. The van der Waals surface area contributed by atoms with Gasteiger partial charge in [-0.1, -0.05) is 25.9 Å². The third kappa shape index (κ3) is 2.26. The van der Waals surface area contributed by atoms with Crippen molar-refractivity contribution in [2.24, 2.45) is 0 Å². The van der Waals surface area contributed by atoms with Crippen molar-refractivity contribution in [3.8, 4) is 6.01 Å². The minimum atomic E-state index is -0.379. The van der Waals surface area contributed by atoms with Gasteiger partial charge < -0.3 is 10.6 Å². The van der Waals surface area contributed by atoms with Crippen LogP contribution < -0.4 is 16.1 Å². The zero-order valence-corrected chi connectivity index (χ0v) is 9.44. The summed E-state index contributed by atoms with van der Waals surface area (Å²) in [4.78, 5) is 11.8. The monoisotopic (exact) mass is 212 g/mol. The van der Waals surface area contributed by atoms with E-state index in [2.05, 4.69) is 10.2 Å². The molecule has 0 radical (unpaired) electrons. The zero-order valence-electron chi connectivity index (χ0n) is 9.44. The van der Waals surface area contributed by atoms with Gasteiger partial charge in [-0.15, -0.1) is 5.10 Å². The lowest BCUT2D eigenvalue weighted by Gasteiger charge is -2.16. The summed E-state index contributed by atoms with van der Waals surface area (Å²) < 4.78 is 5.94. The van der Waals surface area contributed by atoms with Crippen molar-refractivity contribution in [2.45, 2.75) is 33.1 Å². The average Bonchev–Trinajstić information content (AvgIpc) is 2.11. The highest BCUT2D eigenvalue weighted by Gasteiger charge is 2.22. The van der Waals surface area contributed by atoms with Crippen LogP contribution >= 0.6 is 0 Å². The van der Waals surface area contributed by atoms with E-state index in [9.17, 15) is 4.79 Å². The lowest BCUT2D eigenvalue weighted by Crippen LogP contribution is -2.37. The maximum absolute atomic E-state index is 11.8. The summed E-state index contributed by atoms with van der Waals surface area (Å²) in [6, 6.07) is 0.0375. The standard InChI is InChI=1S/C9H16N4O2/c1-5-15-8-12-11-6(9(2,3)4)7(14)13(8)10/h5,10H2,1-4H3. The average molecular weight is 212 g/mol. The fraction of sp³-hybridized carbons (Fsp3) is 0.667. The molecule has 84 valence electrons. The molecule has 1 rings (SSSR count). The van der Waals surface area contributed by atoms with E-state index in [0.29, 0.717) is 12.3 Å². The molecule has 6 nitrogen and oxygen atoms in total. The van der Waals surface area contributed by atoms with Crippen LogP contribution in [-0.2, 0) is 5.41 Å². The van der Waals surface area contributed by atoms with E-state index in [1.807, 2.05) is 20.8 Å². The summed E-state index contributed by atoms with van der Waals surface area (Å²) >= 11 is 0. The van der Waals surface area contributed by atoms with Crippen LogP contribution in [0.1, 0.15) is 33.4 Å². The zero-order chi connectivity index (χ0) is 11.6. The van der Waals surface area contributed by atoms with Gasteiger partial charge in [0.2, 0.25) is 0 Å². The van der Waals surface area contributed by atoms with Gasteiger partial charge in [-0.2, -0.15) is 4.68 Å². The van der Waals surface area contributed by atoms with Crippen LogP contribution in [0, 0.1) is 0 Å². The molecule has 1 aromatic heterocycles. The van der Waals surface area contributed by atoms with E-state index in [4.69, 9.17) is 10.6 Å². The minimum Gasteiger partial charge on any atom is -0.463 e. The van der Waals surface area contributed by atoms with Crippen LogP contribution in [0.3, 0.4) is 0 Å². The molecule has 0 saturated carbocycles. The molecule has 0 aliphatic rings. The SMILES string of the molecule is CCOc1nnc(C(C)(C)C)c(=O)n1N. The van der Waals surface area contributed by atoms with Crippen LogP contribution in [0.15, 0.2) is 4.79 Å². The smallest absolute Gasteiger partial charge is 0.337 e. The van der Waals surface area contributed by atoms with E-state index in [0.717, 1.165) is 4.68 Å². The number of hydrogen-bond acceptors (Lipinski definition) is 5. The Morgan fingerprint density at radius 2 is 2.00 bits per heavy atom. The van der Waals surface area contributed by atoms with Crippen molar-refractivity contribution in [2.75, 3.05) is 12.4 Å². The molecule has 0 unspecified atom stereocenters. The molecule has 0 bridgehead atoms.